The number of aliphatic hydroxyl groups excluding tert-OH is 2. The first-order valence-corrected chi connectivity index (χ1v) is 37.4. The van der Waals surface area contributed by atoms with Crippen molar-refractivity contribution in [1.82, 2.24) is 5.32 Å². The van der Waals surface area contributed by atoms with Crippen LogP contribution in [0, 0.1) is 0 Å². The van der Waals surface area contributed by atoms with E-state index in [-0.39, 0.29) is 18.5 Å². The predicted molar refractivity (Wildman–Crippen MR) is 357 cm³/mol. The lowest BCUT2D eigenvalue weighted by Gasteiger charge is -2.22. The number of nitrogens with one attached hydrogen (secondary N) is 1. The summed E-state index contributed by atoms with van der Waals surface area (Å²) < 4.78 is 5.48. The van der Waals surface area contributed by atoms with Gasteiger partial charge in [0.1, 0.15) is 0 Å². The third-order valence-corrected chi connectivity index (χ3v) is 17.8. The van der Waals surface area contributed by atoms with E-state index in [0.29, 0.717) is 25.9 Å². The Kier molecular flexibility index (Phi) is 69.9. The number of carbonyl (C=O) groups excluding carboxylic acids is 2. The maximum atomic E-state index is 12.6. The van der Waals surface area contributed by atoms with Crippen molar-refractivity contribution in [2.75, 3.05) is 13.2 Å². The van der Waals surface area contributed by atoms with Gasteiger partial charge in [0.05, 0.1) is 25.4 Å². The number of hydrogen-bond acceptors (Lipinski definition) is 5. The number of hydrogen-bond donors (Lipinski definition) is 3. The highest BCUT2D eigenvalue weighted by Gasteiger charge is 2.20. The molecule has 6 nitrogen and oxygen atoms in total. The van der Waals surface area contributed by atoms with Gasteiger partial charge < -0.3 is 20.3 Å². The molecule has 0 bridgehead atoms. The Morgan fingerprint density at radius 1 is 0.333 bits per heavy atom. The van der Waals surface area contributed by atoms with E-state index in [1.807, 2.05) is 0 Å². The fraction of sp³-hybridized carbons (Fsp3) is 0.947. The highest BCUT2D eigenvalue weighted by Crippen LogP contribution is 2.20. The monoisotopic (exact) mass is 1140 g/mol. The Hall–Kier alpha value is -1.40. The van der Waals surface area contributed by atoms with Crippen molar-refractivity contribution in [3.8, 4) is 0 Å². The number of amides is 1. The van der Waals surface area contributed by atoms with Crippen LogP contribution in [-0.4, -0.2) is 47.4 Å². The number of allylic oxidation sites excluding steroid dienone is 2. The van der Waals surface area contributed by atoms with Gasteiger partial charge in [0.2, 0.25) is 5.91 Å². The molecule has 0 radical (unpaired) electrons. The van der Waals surface area contributed by atoms with Crippen LogP contribution in [0.25, 0.3) is 0 Å². The zero-order valence-corrected chi connectivity index (χ0v) is 55.3. The number of ether oxygens (including phenoxy) is 1. The Morgan fingerprint density at radius 3 is 0.901 bits per heavy atom. The van der Waals surface area contributed by atoms with Gasteiger partial charge in [-0.25, -0.2) is 0 Å². The molecular weight excluding hydrogens is 995 g/mol. The molecule has 1 amide bonds. The van der Waals surface area contributed by atoms with E-state index in [4.69, 9.17) is 4.74 Å². The minimum Gasteiger partial charge on any atom is -0.466 e. The molecule has 0 aromatic carbocycles. The van der Waals surface area contributed by atoms with E-state index in [0.717, 1.165) is 44.9 Å². The van der Waals surface area contributed by atoms with Gasteiger partial charge in [-0.3, -0.25) is 9.59 Å². The summed E-state index contributed by atoms with van der Waals surface area (Å²) in [6.45, 7) is 4.98. The maximum absolute atomic E-state index is 12.6. The lowest BCUT2D eigenvalue weighted by molar-refractivity contribution is -0.143. The van der Waals surface area contributed by atoms with Gasteiger partial charge in [0, 0.05) is 12.8 Å². The number of unbranched alkanes of at least 4 members (excludes halogenated alkanes) is 58. The van der Waals surface area contributed by atoms with Gasteiger partial charge in [-0.05, 0) is 51.4 Å². The summed E-state index contributed by atoms with van der Waals surface area (Å²) in [5.41, 5.74) is 0. The molecule has 2 unspecified atom stereocenters. The lowest BCUT2D eigenvalue weighted by Crippen LogP contribution is -2.45. The van der Waals surface area contributed by atoms with Crippen molar-refractivity contribution in [1.29, 1.82) is 0 Å². The van der Waals surface area contributed by atoms with Crippen LogP contribution in [-0.2, 0) is 14.3 Å². The smallest absolute Gasteiger partial charge is 0.305 e. The number of esters is 1. The molecule has 0 aromatic heterocycles. The molecule has 0 spiro atoms. The van der Waals surface area contributed by atoms with Crippen LogP contribution in [0.15, 0.2) is 12.2 Å². The standard InChI is InChI=1S/C75H147NO5/c1-3-5-7-9-11-13-15-17-18-19-20-35-38-41-44-47-51-55-59-63-67-73(78)72(71-77)76-74(79)68-64-60-56-52-48-45-42-39-36-33-31-29-27-25-23-21-22-24-26-28-30-32-34-37-40-43-46-50-54-58-62-66-70-81-75(80)69-65-61-57-53-49-16-14-12-10-8-6-4-2/h12,14,72-73,77-78H,3-11,13,15-71H2,1-2H3,(H,76,79)/b14-12-. The first-order valence-electron chi connectivity index (χ1n) is 37.4. The third-order valence-electron chi connectivity index (χ3n) is 17.8. The van der Waals surface area contributed by atoms with E-state index in [9.17, 15) is 19.8 Å². The molecular formula is C75H147NO5. The van der Waals surface area contributed by atoms with Crippen LogP contribution in [0.2, 0.25) is 0 Å². The number of aliphatic hydroxyl groups is 2. The maximum Gasteiger partial charge on any atom is 0.305 e. The van der Waals surface area contributed by atoms with Crippen LogP contribution in [0.4, 0.5) is 0 Å². The molecule has 0 aromatic rings. The minimum absolute atomic E-state index is 0.0120. The molecule has 0 saturated heterocycles. The Morgan fingerprint density at radius 2 is 0.580 bits per heavy atom. The van der Waals surface area contributed by atoms with E-state index in [1.165, 1.54) is 353 Å². The van der Waals surface area contributed by atoms with E-state index in [1.54, 1.807) is 0 Å². The van der Waals surface area contributed by atoms with Gasteiger partial charge in [0.15, 0.2) is 0 Å². The molecule has 0 heterocycles. The largest absolute Gasteiger partial charge is 0.466 e. The van der Waals surface area contributed by atoms with Gasteiger partial charge >= 0.3 is 5.97 Å². The summed E-state index contributed by atoms with van der Waals surface area (Å²) in [7, 11) is 0. The lowest BCUT2D eigenvalue weighted by atomic mass is 10.0. The van der Waals surface area contributed by atoms with Crippen molar-refractivity contribution in [2.45, 2.75) is 443 Å². The summed E-state index contributed by atoms with van der Waals surface area (Å²) in [6, 6.07) is -0.538. The molecule has 0 fully saturated rings. The zero-order chi connectivity index (χ0) is 58.5. The molecule has 0 aliphatic carbocycles. The molecule has 2 atom stereocenters. The van der Waals surface area contributed by atoms with Gasteiger partial charge in [-0.2, -0.15) is 0 Å². The minimum atomic E-state index is -0.661. The molecule has 81 heavy (non-hydrogen) atoms. The highest BCUT2D eigenvalue weighted by atomic mass is 16.5. The number of carbonyl (C=O) groups is 2. The van der Waals surface area contributed by atoms with E-state index >= 15 is 0 Å². The average Bonchev–Trinajstić information content (AvgIpc) is 3.47. The third kappa shape index (κ3) is 67.6. The van der Waals surface area contributed by atoms with Crippen LogP contribution in [0.5, 0.6) is 0 Å². The van der Waals surface area contributed by atoms with Crippen molar-refractivity contribution in [3.63, 3.8) is 0 Å². The summed E-state index contributed by atoms with van der Waals surface area (Å²) in [5, 5.41) is 23.4. The molecule has 0 aliphatic heterocycles. The summed E-state index contributed by atoms with van der Waals surface area (Å²) in [6.07, 6.45) is 88.6. The molecule has 482 valence electrons. The Bertz CT molecular complexity index is 1220. The average molecular weight is 1140 g/mol. The summed E-state index contributed by atoms with van der Waals surface area (Å²) in [5.74, 6) is -0.0133. The van der Waals surface area contributed by atoms with Crippen LogP contribution in [0.1, 0.15) is 431 Å². The first kappa shape index (κ1) is 79.6. The van der Waals surface area contributed by atoms with Crippen LogP contribution < -0.4 is 5.32 Å². The van der Waals surface area contributed by atoms with E-state index in [2.05, 4.69) is 31.3 Å². The van der Waals surface area contributed by atoms with Gasteiger partial charge in [-0.1, -0.05) is 379 Å². The van der Waals surface area contributed by atoms with E-state index < -0.39 is 12.1 Å². The van der Waals surface area contributed by atoms with Crippen molar-refractivity contribution in [2.24, 2.45) is 0 Å². The quantitative estimate of drug-likeness (QED) is 0.0320. The van der Waals surface area contributed by atoms with Crippen molar-refractivity contribution < 1.29 is 24.5 Å². The van der Waals surface area contributed by atoms with Crippen LogP contribution >= 0.6 is 0 Å². The summed E-state index contributed by atoms with van der Waals surface area (Å²) in [4.78, 5) is 24.6. The van der Waals surface area contributed by atoms with Crippen molar-refractivity contribution in [3.05, 3.63) is 12.2 Å². The topological polar surface area (TPSA) is 95.9 Å². The van der Waals surface area contributed by atoms with Crippen LogP contribution in [0.3, 0.4) is 0 Å². The van der Waals surface area contributed by atoms with Gasteiger partial charge in [-0.15, -0.1) is 0 Å². The molecule has 0 rings (SSSR count). The Balaban J connectivity index is 3.32. The SMILES string of the molecule is CCCCC/C=C\CCCCCCCC(=O)OCCCCCCCCCCCCCCCCCCCCCCCCCCCCCCCCCCC(=O)NC(CO)C(O)CCCCCCCCCCCCCCCCCCCCCC. The number of rotatable bonds is 71. The van der Waals surface area contributed by atoms with Crippen molar-refractivity contribution >= 4 is 11.9 Å². The zero-order valence-electron chi connectivity index (χ0n) is 55.3. The second-order valence-electron chi connectivity index (χ2n) is 26.0. The fourth-order valence-corrected chi connectivity index (χ4v) is 12.1. The molecule has 0 aliphatic rings. The Labute approximate surface area is 508 Å². The molecule has 0 saturated carbocycles. The first-order chi connectivity index (χ1) is 40.0. The second-order valence-corrected chi connectivity index (χ2v) is 26.0. The highest BCUT2D eigenvalue weighted by molar-refractivity contribution is 5.76. The normalized spacial score (nSPS) is 12.5. The molecule has 6 heteroatoms. The fourth-order valence-electron chi connectivity index (χ4n) is 12.1. The second kappa shape index (κ2) is 71.1. The predicted octanol–water partition coefficient (Wildman–Crippen LogP) is 24.3. The molecule has 3 N–H and O–H groups in total. The van der Waals surface area contributed by atoms with Gasteiger partial charge in [0.25, 0.3) is 0 Å². The summed E-state index contributed by atoms with van der Waals surface area (Å²) >= 11 is 0.